The summed E-state index contributed by atoms with van der Waals surface area (Å²) < 4.78 is 31.8. The second kappa shape index (κ2) is 5.55. The van der Waals surface area contributed by atoms with E-state index in [1.165, 1.54) is 12.1 Å². The van der Waals surface area contributed by atoms with E-state index in [9.17, 15) is 8.78 Å². The van der Waals surface area contributed by atoms with Gasteiger partial charge in [-0.15, -0.1) is 0 Å². The summed E-state index contributed by atoms with van der Waals surface area (Å²) in [5, 5.41) is 0. The summed E-state index contributed by atoms with van der Waals surface area (Å²) in [6.45, 7) is 0.280. The van der Waals surface area contributed by atoms with Gasteiger partial charge in [0, 0.05) is 11.1 Å². The van der Waals surface area contributed by atoms with Crippen molar-refractivity contribution in [3.8, 4) is 0 Å². The summed E-state index contributed by atoms with van der Waals surface area (Å²) in [7, 11) is 0. The van der Waals surface area contributed by atoms with Crippen molar-refractivity contribution in [2.24, 2.45) is 0 Å². The van der Waals surface area contributed by atoms with Crippen molar-refractivity contribution in [2.75, 3.05) is 0 Å². The van der Waals surface area contributed by atoms with Crippen LogP contribution in [0.3, 0.4) is 0 Å². The molecule has 0 radical (unpaired) electrons. The number of rotatable bonds is 4. The SMILES string of the molecule is Fc1ccccc1COCc1ccccc1F. The first-order chi connectivity index (χ1) is 8.27. The van der Waals surface area contributed by atoms with Gasteiger partial charge in [0.1, 0.15) is 11.6 Å². The van der Waals surface area contributed by atoms with Crippen LogP contribution in [0.25, 0.3) is 0 Å². The van der Waals surface area contributed by atoms with Gasteiger partial charge < -0.3 is 4.74 Å². The largest absolute Gasteiger partial charge is 0.372 e. The van der Waals surface area contributed by atoms with Gasteiger partial charge in [0.05, 0.1) is 13.2 Å². The van der Waals surface area contributed by atoms with Gasteiger partial charge in [0.2, 0.25) is 0 Å². The van der Waals surface area contributed by atoms with Crippen LogP contribution in [0.15, 0.2) is 48.5 Å². The van der Waals surface area contributed by atoms with Crippen molar-refractivity contribution in [1.82, 2.24) is 0 Å². The van der Waals surface area contributed by atoms with E-state index < -0.39 is 0 Å². The molecule has 0 aliphatic heterocycles. The van der Waals surface area contributed by atoms with Crippen molar-refractivity contribution < 1.29 is 13.5 Å². The lowest BCUT2D eigenvalue weighted by atomic mass is 10.2. The van der Waals surface area contributed by atoms with Crippen LogP contribution >= 0.6 is 0 Å². The molecule has 1 nitrogen and oxygen atoms in total. The maximum absolute atomic E-state index is 13.2. The first-order valence-electron chi connectivity index (χ1n) is 5.32. The molecule has 3 heteroatoms. The molecular formula is C14H12F2O. The molecule has 2 aromatic carbocycles. The average Bonchev–Trinajstić information content (AvgIpc) is 2.34. The van der Waals surface area contributed by atoms with Crippen LogP contribution in [-0.4, -0.2) is 0 Å². The average molecular weight is 234 g/mol. The molecule has 0 N–H and O–H groups in total. The predicted octanol–water partition coefficient (Wildman–Crippen LogP) is 3.68. The molecule has 2 rings (SSSR count). The number of halogens is 2. The Kier molecular flexibility index (Phi) is 3.83. The van der Waals surface area contributed by atoms with Crippen molar-refractivity contribution in [3.63, 3.8) is 0 Å². The highest BCUT2D eigenvalue weighted by molar-refractivity contribution is 5.17. The van der Waals surface area contributed by atoms with E-state index in [2.05, 4.69) is 0 Å². The Hall–Kier alpha value is -1.74. The van der Waals surface area contributed by atoms with E-state index in [0.717, 1.165) is 0 Å². The van der Waals surface area contributed by atoms with Gasteiger partial charge in [-0.3, -0.25) is 0 Å². The van der Waals surface area contributed by atoms with Crippen LogP contribution in [0.2, 0.25) is 0 Å². The summed E-state index contributed by atoms with van der Waals surface area (Å²) in [6.07, 6.45) is 0. The highest BCUT2D eigenvalue weighted by Gasteiger charge is 2.03. The molecule has 0 saturated heterocycles. The van der Waals surface area contributed by atoms with Crippen molar-refractivity contribution in [2.45, 2.75) is 13.2 Å². The third-order valence-corrected chi connectivity index (χ3v) is 2.43. The summed E-state index contributed by atoms with van der Waals surface area (Å²) in [4.78, 5) is 0. The molecule has 0 spiro atoms. The van der Waals surface area contributed by atoms with E-state index >= 15 is 0 Å². The summed E-state index contributed by atoms with van der Waals surface area (Å²) in [6, 6.07) is 12.8. The first kappa shape index (κ1) is 11.7. The number of hydrogen-bond donors (Lipinski definition) is 0. The Morgan fingerprint density at radius 2 is 1.12 bits per heavy atom. The number of benzene rings is 2. The third kappa shape index (κ3) is 3.11. The lowest BCUT2D eigenvalue weighted by Crippen LogP contribution is -1.98. The van der Waals surface area contributed by atoms with Gasteiger partial charge in [0.15, 0.2) is 0 Å². The Bertz CT molecular complexity index is 452. The van der Waals surface area contributed by atoms with Gasteiger partial charge in [-0.05, 0) is 12.1 Å². The highest BCUT2D eigenvalue weighted by Crippen LogP contribution is 2.11. The molecule has 88 valence electrons. The lowest BCUT2D eigenvalue weighted by Gasteiger charge is -2.06. The Morgan fingerprint density at radius 3 is 1.53 bits per heavy atom. The van der Waals surface area contributed by atoms with E-state index in [-0.39, 0.29) is 24.8 Å². The van der Waals surface area contributed by atoms with E-state index in [1.807, 2.05) is 0 Å². The maximum atomic E-state index is 13.2. The van der Waals surface area contributed by atoms with Crippen LogP contribution < -0.4 is 0 Å². The molecule has 0 amide bonds. The fourth-order valence-electron chi connectivity index (χ4n) is 1.50. The van der Waals surface area contributed by atoms with Crippen molar-refractivity contribution in [3.05, 3.63) is 71.3 Å². The fourth-order valence-corrected chi connectivity index (χ4v) is 1.50. The molecular weight excluding hydrogens is 222 g/mol. The molecule has 0 heterocycles. The minimum absolute atomic E-state index is 0.140. The molecule has 0 saturated carbocycles. The minimum atomic E-state index is -0.305. The first-order valence-corrected chi connectivity index (χ1v) is 5.32. The van der Waals surface area contributed by atoms with Crippen LogP contribution in [0, 0.1) is 11.6 Å². The summed E-state index contributed by atoms with van der Waals surface area (Å²) in [5.41, 5.74) is 0.952. The smallest absolute Gasteiger partial charge is 0.128 e. The van der Waals surface area contributed by atoms with Crippen LogP contribution in [0.5, 0.6) is 0 Å². The molecule has 17 heavy (non-hydrogen) atoms. The van der Waals surface area contributed by atoms with Crippen LogP contribution in [0.1, 0.15) is 11.1 Å². The van der Waals surface area contributed by atoms with Crippen LogP contribution in [-0.2, 0) is 18.0 Å². The standard InChI is InChI=1S/C14H12F2O/c15-13-7-3-1-5-11(13)9-17-10-12-6-2-4-8-14(12)16/h1-8H,9-10H2. The van der Waals surface area contributed by atoms with E-state index in [4.69, 9.17) is 4.74 Å². The van der Waals surface area contributed by atoms with Gasteiger partial charge >= 0.3 is 0 Å². The van der Waals surface area contributed by atoms with Crippen molar-refractivity contribution in [1.29, 1.82) is 0 Å². The van der Waals surface area contributed by atoms with Gasteiger partial charge in [0.25, 0.3) is 0 Å². The number of ether oxygens (including phenoxy) is 1. The maximum Gasteiger partial charge on any atom is 0.128 e. The molecule has 0 bridgehead atoms. The fraction of sp³-hybridized carbons (Fsp3) is 0.143. The van der Waals surface area contributed by atoms with Crippen LogP contribution in [0.4, 0.5) is 8.78 Å². The number of hydrogen-bond acceptors (Lipinski definition) is 1. The predicted molar refractivity (Wildman–Crippen MR) is 61.3 cm³/mol. The molecule has 0 atom stereocenters. The van der Waals surface area contributed by atoms with Gasteiger partial charge in [-0.25, -0.2) is 8.78 Å². The Balaban J connectivity index is 1.93. The molecule has 0 aromatic heterocycles. The normalized spacial score (nSPS) is 10.5. The zero-order valence-corrected chi connectivity index (χ0v) is 9.20. The second-order valence-corrected chi connectivity index (χ2v) is 3.68. The van der Waals surface area contributed by atoms with E-state index in [1.54, 1.807) is 36.4 Å². The Labute approximate surface area is 98.7 Å². The molecule has 0 aliphatic carbocycles. The minimum Gasteiger partial charge on any atom is -0.372 e. The zero-order valence-electron chi connectivity index (χ0n) is 9.20. The summed E-state index contributed by atoms with van der Waals surface area (Å²) >= 11 is 0. The summed E-state index contributed by atoms with van der Waals surface area (Å²) in [5.74, 6) is -0.609. The zero-order chi connectivity index (χ0) is 12.1. The topological polar surface area (TPSA) is 9.23 Å². The monoisotopic (exact) mass is 234 g/mol. The van der Waals surface area contributed by atoms with Gasteiger partial charge in [-0.2, -0.15) is 0 Å². The lowest BCUT2D eigenvalue weighted by molar-refractivity contribution is 0.102. The second-order valence-electron chi connectivity index (χ2n) is 3.68. The molecule has 0 fully saturated rings. The van der Waals surface area contributed by atoms with Crippen molar-refractivity contribution >= 4 is 0 Å². The molecule has 0 unspecified atom stereocenters. The molecule has 2 aromatic rings. The van der Waals surface area contributed by atoms with Gasteiger partial charge in [-0.1, -0.05) is 36.4 Å². The highest BCUT2D eigenvalue weighted by atomic mass is 19.1. The Morgan fingerprint density at radius 1 is 0.706 bits per heavy atom. The van der Waals surface area contributed by atoms with E-state index in [0.29, 0.717) is 11.1 Å². The molecule has 0 aliphatic rings. The quantitative estimate of drug-likeness (QED) is 0.784. The third-order valence-electron chi connectivity index (χ3n) is 2.43.